The highest BCUT2D eigenvalue weighted by molar-refractivity contribution is 5.82. The average molecular weight is 754 g/mol. The van der Waals surface area contributed by atoms with Crippen LogP contribution in [0.15, 0.2) is 5.18 Å². The lowest BCUT2D eigenvalue weighted by molar-refractivity contribution is -0.167. The number of carboxylic acids is 1. The minimum atomic E-state index is -1.71. The van der Waals surface area contributed by atoms with Crippen LogP contribution >= 0.6 is 0 Å². The molecule has 0 aliphatic rings. The van der Waals surface area contributed by atoms with Crippen LogP contribution in [-0.2, 0) is 33.4 Å². The quantitative estimate of drug-likeness (QED) is 0.0279. The minimum absolute atomic E-state index is 0.188. The molecule has 0 fully saturated rings. The second-order valence-corrected chi connectivity index (χ2v) is 15.0. The Bertz CT molecular complexity index is 897. The van der Waals surface area contributed by atoms with Gasteiger partial charge >= 0.3 is 23.9 Å². The van der Waals surface area contributed by atoms with E-state index in [9.17, 15) is 24.1 Å². The summed E-state index contributed by atoms with van der Waals surface area (Å²) in [7, 11) is 0. The van der Waals surface area contributed by atoms with Crippen LogP contribution < -0.4 is 0 Å². The highest BCUT2D eigenvalue weighted by Gasteiger charge is 2.27. The molecule has 1 N–H and O–H groups in total. The van der Waals surface area contributed by atoms with E-state index in [-0.39, 0.29) is 19.4 Å². The Hall–Kier alpha value is -2.52. The van der Waals surface area contributed by atoms with Crippen molar-refractivity contribution in [2.45, 2.75) is 238 Å². The number of nitroso groups, excluding NO2 is 1. The van der Waals surface area contributed by atoms with Crippen molar-refractivity contribution in [3.8, 4) is 0 Å². The Labute approximate surface area is 323 Å². The average Bonchev–Trinajstić information content (AvgIpc) is 3.14. The molecule has 0 aliphatic heterocycles. The Morgan fingerprint density at radius 1 is 0.472 bits per heavy atom. The number of aliphatic carboxylic acids is 1. The lowest BCUT2D eigenvalue weighted by atomic mass is 10.0. The molecule has 10 nitrogen and oxygen atoms in total. The predicted molar refractivity (Wildman–Crippen MR) is 213 cm³/mol. The number of carbonyl (C=O) groups excluding carboxylic acids is 3. The van der Waals surface area contributed by atoms with E-state index in [4.69, 9.17) is 19.3 Å². The minimum Gasteiger partial charge on any atom is -0.481 e. The summed E-state index contributed by atoms with van der Waals surface area (Å²) in [6.45, 7) is 3.73. The molecule has 310 valence electrons. The third-order valence-electron chi connectivity index (χ3n) is 9.88. The predicted octanol–water partition coefficient (Wildman–Crippen LogP) is 12.1. The number of rotatable bonds is 41. The van der Waals surface area contributed by atoms with Crippen LogP contribution in [0.25, 0.3) is 0 Å². The SMILES string of the molecule is CCCCCCCCCCCCCCCCCC(=O)OCC(COC(=O)C(CC(=O)O)N=O)OC(=O)CCCCCCCCCCCCCCCCC. The molecule has 0 aromatic heterocycles. The molecule has 0 radical (unpaired) electrons. The summed E-state index contributed by atoms with van der Waals surface area (Å²) in [6, 6.07) is -1.71. The van der Waals surface area contributed by atoms with E-state index in [0.717, 1.165) is 38.5 Å². The van der Waals surface area contributed by atoms with Crippen LogP contribution in [0.1, 0.15) is 226 Å². The number of nitrogens with zero attached hydrogens (tertiary/aromatic N) is 1. The van der Waals surface area contributed by atoms with E-state index in [2.05, 4.69) is 19.0 Å². The number of ether oxygens (including phenoxy) is 3. The summed E-state index contributed by atoms with van der Waals surface area (Å²) in [4.78, 5) is 59.1. The van der Waals surface area contributed by atoms with Crippen LogP contribution in [0.3, 0.4) is 0 Å². The van der Waals surface area contributed by atoms with Crippen molar-refractivity contribution in [2.24, 2.45) is 5.18 Å². The lowest BCUT2D eigenvalue weighted by Gasteiger charge is -2.19. The fourth-order valence-electron chi connectivity index (χ4n) is 6.50. The summed E-state index contributed by atoms with van der Waals surface area (Å²) in [5.41, 5.74) is 0. The summed E-state index contributed by atoms with van der Waals surface area (Å²) < 4.78 is 15.9. The molecule has 0 saturated heterocycles. The topological polar surface area (TPSA) is 146 Å². The van der Waals surface area contributed by atoms with Gasteiger partial charge in [-0.3, -0.25) is 14.4 Å². The number of hydrogen-bond donors (Lipinski definition) is 1. The van der Waals surface area contributed by atoms with Gasteiger partial charge in [0.2, 0.25) is 0 Å². The van der Waals surface area contributed by atoms with Gasteiger partial charge in [0.15, 0.2) is 12.1 Å². The van der Waals surface area contributed by atoms with E-state index in [0.29, 0.717) is 12.8 Å². The standard InChI is InChI=1S/C43H79NO9/c1-3-5-7-9-11-13-15-17-19-21-23-25-27-29-31-33-41(47)51-36-38(37-52-43(49)39(44-50)35-40(45)46)53-42(48)34-32-30-28-26-24-22-20-18-16-14-12-10-8-6-4-2/h38-39H,3-37H2,1-2H3,(H,45,46). The van der Waals surface area contributed by atoms with Crippen molar-refractivity contribution in [1.82, 2.24) is 0 Å². The van der Waals surface area contributed by atoms with E-state index < -0.39 is 49.1 Å². The number of carboxylic acid groups (broad SMARTS) is 1. The largest absolute Gasteiger partial charge is 0.481 e. The monoisotopic (exact) mass is 754 g/mol. The summed E-state index contributed by atoms with van der Waals surface area (Å²) >= 11 is 0. The molecule has 0 aromatic rings. The van der Waals surface area contributed by atoms with Crippen molar-refractivity contribution in [2.75, 3.05) is 13.2 Å². The van der Waals surface area contributed by atoms with Gasteiger partial charge in [0, 0.05) is 12.8 Å². The first-order valence-electron chi connectivity index (χ1n) is 21.9. The molecule has 0 aliphatic carbocycles. The van der Waals surface area contributed by atoms with Gasteiger partial charge in [0.25, 0.3) is 0 Å². The molecule has 0 aromatic carbocycles. The molecule has 0 bridgehead atoms. The van der Waals surface area contributed by atoms with Gasteiger partial charge in [-0.05, 0) is 12.8 Å². The zero-order valence-corrected chi connectivity index (χ0v) is 34.1. The molecule has 53 heavy (non-hydrogen) atoms. The van der Waals surface area contributed by atoms with Crippen LogP contribution in [0.2, 0.25) is 0 Å². The Morgan fingerprint density at radius 3 is 1.13 bits per heavy atom. The highest BCUT2D eigenvalue weighted by atomic mass is 16.6. The Balaban J connectivity index is 4.26. The van der Waals surface area contributed by atoms with Gasteiger partial charge in [-0.2, -0.15) is 0 Å². The molecule has 0 amide bonds. The first kappa shape index (κ1) is 50.5. The highest BCUT2D eigenvalue weighted by Crippen LogP contribution is 2.16. The smallest absolute Gasteiger partial charge is 0.335 e. The Morgan fingerprint density at radius 2 is 0.792 bits per heavy atom. The summed E-state index contributed by atoms with van der Waals surface area (Å²) in [5.74, 6) is -3.41. The lowest BCUT2D eigenvalue weighted by Crippen LogP contribution is -2.33. The molecule has 0 saturated carbocycles. The zero-order valence-electron chi connectivity index (χ0n) is 34.1. The van der Waals surface area contributed by atoms with Crippen LogP contribution in [0, 0.1) is 4.91 Å². The number of hydrogen-bond acceptors (Lipinski definition) is 9. The molecular weight excluding hydrogens is 674 g/mol. The number of unbranched alkanes of at least 4 members (excludes halogenated alkanes) is 28. The fraction of sp³-hybridized carbons (Fsp3) is 0.907. The number of esters is 3. The van der Waals surface area contributed by atoms with Gasteiger partial charge in [0.05, 0.1) is 6.42 Å². The third-order valence-corrected chi connectivity index (χ3v) is 9.88. The molecule has 0 heterocycles. The maximum Gasteiger partial charge on any atom is 0.335 e. The van der Waals surface area contributed by atoms with E-state index >= 15 is 0 Å². The third kappa shape index (κ3) is 36.2. The first-order chi connectivity index (χ1) is 25.8. The normalized spacial score (nSPS) is 12.3. The second kappa shape index (κ2) is 39.2. The van der Waals surface area contributed by atoms with E-state index in [1.54, 1.807) is 0 Å². The van der Waals surface area contributed by atoms with Crippen molar-refractivity contribution < 1.29 is 38.5 Å². The molecule has 0 rings (SSSR count). The van der Waals surface area contributed by atoms with Gasteiger partial charge in [-0.15, -0.1) is 4.91 Å². The molecule has 10 heteroatoms. The van der Waals surface area contributed by atoms with Crippen molar-refractivity contribution in [3.05, 3.63) is 4.91 Å². The van der Waals surface area contributed by atoms with Gasteiger partial charge in [0.1, 0.15) is 13.2 Å². The Kier molecular flexibility index (Phi) is 37.3. The number of carbonyl (C=O) groups is 4. The van der Waals surface area contributed by atoms with Gasteiger partial charge in [-0.1, -0.05) is 199 Å². The zero-order chi connectivity index (χ0) is 39.0. The maximum atomic E-state index is 12.6. The summed E-state index contributed by atoms with van der Waals surface area (Å²) in [5, 5.41) is 11.4. The van der Waals surface area contributed by atoms with E-state index in [1.807, 2.05) is 0 Å². The van der Waals surface area contributed by atoms with Gasteiger partial charge in [-0.25, -0.2) is 4.79 Å². The van der Waals surface area contributed by atoms with E-state index in [1.165, 1.54) is 141 Å². The first-order valence-corrected chi connectivity index (χ1v) is 21.9. The maximum absolute atomic E-state index is 12.6. The molecular formula is C43H79NO9. The van der Waals surface area contributed by atoms with Crippen LogP contribution in [0.5, 0.6) is 0 Å². The molecule has 2 unspecified atom stereocenters. The summed E-state index contributed by atoms with van der Waals surface area (Å²) in [6.07, 6.45) is 35.3. The van der Waals surface area contributed by atoms with Crippen molar-refractivity contribution in [1.29, 1.82) is 0 Å². The van der Waals surface area contributed by atoms with Crippen LogP contribution in [0.4, 0.5) is 0 Å². The molecule has 2 atom stereocenters. The second-order valence-electron chi connectivity index (χ2n) is 15.0. The van der Waals surface area contributed by atoms with Gasteiger partial charge < -0.3 is 19.3 Å². The molecule has 0 spiro atoms. The van der Waals surface area contributed by atoms with Crippen molar-refractivity contribution in [3.63, 3.8) is 0 Å². The van der Waals surface area contributed by atoms with Crippen molar-refractivity contribution >= 4 is 23.9 Å². The fourth-order valence-corrected chi connectivity index (χ4v) is 6.50. The van der Waals surface area contributed by atoms with Crippen LogP contribution in [-0.4, -0.2) is 54.3 Å².